The summed E-state index contributed by atoms with van der Waals surface area (Å²) in [6, 6.07) is 14.6. The Balaban J connectivity index is 1.87. The highest BCUT2D eigenvalue weighted by Gasteiger charge is 2.04. The van der Waals surface area contributed by atoms with Gasteiger partial charge in [0.1, 0.15) is 5.75 Å². The third-order valence-electron chi connectivity index (χ3n) is 2.89. The normalized spacial score (nSPS) is 10.2. The highest BCUT2D eigenvalue weighted by atomic mass is 16.3. The van der Waals surface area contributed by atoms with E-state index in [1.54, 1.807) is 24.3 Å². The van der Waals surface area contributed by atoms with Crippen molar-refractivity contribution in [3.63, 3.8) is 0 Å². The van der Waals surface area contributed by atoms with Crippen LogP contribution in [0.15, 0.2) is 48.5 Å². The molecule has 98 valence electrons. The smallest absolute Gasteiger partial charge is 0.251 e. The number of aromatic hydroxyl groups is 1. The molecule has 0 aliphatic rings. The molecule has 0 atom stereocenters. The Labute approximate surface area is 112 Å². The molecule has 0 heterocycles. The molecule has 2 aromatic carbocycles. The summed E-state index contributed by atoms with van der Waals surface area (Å²) in [7, 11) is 0. The molecular weight excluding hydrogens is 238 g/mol. The zero-order valence-corrected chi connectivity index (χ0v) is 10.9. The third-order valence-corrected chi connectivity index (χ3v) is 2.89. The van der Waals surface area contributed by atoms with E-state index in [1.165, 1.54) is 0 Å². The lowest BCUT2D eigenvalue weighted by atomic mass is 10.1. The second-order valence-corrected chi connectivity index (χ2v) is 4.55. The molecule has 0 aliphatic carbocycles. The van der Waals surface area contributed by atoms with Crippen molar-refractivity contribution in [1.29, 1.82) is 0 Å². The average molecular weight is 255 g/mol. The summed E-state index contributed by atoms with van der Waals surface area (Å²) in [5.41, 5.74) is 2.75. The van der Waals surface area contributed by atoms with Crippen molar-refractivity contribution >= 4 is 5.91 Å². The molecule has 3 heteroatoms. The quantitative estimate of drug-likeness (QED) is 0.882. The highest BCUT2D eigenvalue weighted by Crippen LogP contribution is 2.11. The molecule has 0 saturated carbocycles. The molecule has 3 nitrogen and oxygen atoms in total. The number of phenols is 1. The van der Waals surface area contributed by atoms with Gasteiger partial charge in [-0.25, -0.2) is 0 Å². The molecule has 19 heavy (non-hydrogen) atoms. The Bertz CT molecular complexity index is 578. The van der Waals surface area contributed by atoms with Crippen molar-refractivity contribution < 1.29 is 9.90 Å². The first kappa shape index (κ1) is 13.1. The zero-order valence-electron chi connectivity index (χ0n) is 10.9. The standard InChI is InChI=1S/C16H17NO2/c1-12-4-2-6-14(10-12)16(19)17-9-8-13-5-3-7-15(18)11-13/h2-7,10-11,18H,8-9H2,1H3,(H,17,19). The SMILES string of the molecule is Cc1cccc(C(=O)NCCc2cccc(O)c2)c1. The van der Waals surface area contributed by atoms with Crippen molar-refractivity contribution in [2.75, 3.05) is 6.54 Å². The molecule has 0 aliphatic heterocycles. The molecule has 0 radical (unpaired) electrons. The van der Waals surface area contributed by atoms with Gasteiger partial charge in [0, 0.05) is 12.1 Å². The molecule has 0 bridgehead atoms. The number of carbonyl (C=O) groups is 1. The lowest BCUT2D eigenvalue weighted by molar-refractivity contribution is 0.0954. The maximum Gasteiger partial charge on any atom is 0.251 e. The Morgan fingerprint density at radius 2 is 1.95 bits per heavy atom. The van der Waals surface area contributed by atoms with Crippen LogP contribution in [0, 0.1) is 6.92 Å². The zero-order chi connectivity index (χ0) is 13.7. The molecule has 2 rings (SSSR count). The van der Waals surface area contributed by atoms with E-state index in [0.717, 1.165) is 11.1 Å². The van der Waals surface area contributed by atoms with Crippen LogP contribution in [-0.2, 0) is 6.42 Å². The second-order valence-electron chi connectivity index (χ2n) is 4.55. The van der Waals surface area contributed by atoms with Crippen LogP contribution in [0.5, 0.6) is 5.75 Å². The molecule has 0 saturated heterocycles. The van der Waals surface area contributed by atoms with Crippen LogP contribution in [0.4, 0.5) is 0 Å². The Hall–Kier alpha value is -2.29. The Kier molecular flexibility index (Phi) is 4.18. The molecule has 0 unspecified atom stereocenters. The maximum atomic E-state index is 11.9. The predicted molar refractivity (Wildman–Crippen MR) is 75.3 cm³/mol. The lowest BCUT2D eigenvalue weighted by Crippen LogP contribution is -2.25. The van der Waals surface area contributed by atoms with E-state index in [2.05, 4.69) is 5.32 Å². The first-order valence-corrected chi connectivity index (χ1v) is 6.28. The largest absolute Gasteiger partial charge is 0.508 e. The van der Waals surface area contributed by atoms with E-state index >= 15 is 0 Å². The first-order chi connectivity index (χ1) is 9.15. The van der Waals surface area contributed by atoms with Crippen molar-refractivity contribution in [2.45, 2.75) is 13.3 Å². The number of carbonyl (C=O) groups excluding carboxylic acids is 1. The minimum atomic E-state index is -0.0659. The van der Waals surface area contributed by atoms with Crippen LogP contribution >= 0.6 is 0 Å². The highest BCUT2D eigenvalue weighted by molar-refractivity contribution is 5.94. The Morgan fingerprint density at radius 3 is 2.68 bits per heavy atom. The van der Waals surface area contributed by atoms with Gasteiger partial charge in [0.2, 0.25) is 0 Å². The van der Waals surface area contributed by atoms with Crippen LogP contribution < -0.4 is 5.32 Å². The minimum Gasteiger partial charge on any atom is -0.508 e. The Morgan fingerprint density at radius 1 is 1.16 bits per heavy atom. The summed E-state index contributed by atoms with van der Waals surface area (Å²) in [5.74, 6) is 0.186. The van der Waals surface area contributed by atoms with E-state index < -0.39 is 0 Å². The summed E-state index contributed by atoms with van der Waals surface area (Å²) < 4.78 is 0. The number of rotatable bonds is 4. The van der Waals surface area contributed by atoms with Gasteiger partial charge in [-0.05, 0) is 43.2 Å². The molecule has 0 aromatic heterocycles. The number of amides is 1. The van der Waals surface area contributed by atoms with E-state index in [-0.39, 0.29) is 11.7 Å². The van der Waals surface area contributed by atoms with Crippen LogP contribution in [0.1, 0.15) is 21.5 Å². The summed E-state index contributed by atoms with van der Waals surface area (Å²) in [5, 5.41) is 12.2. The number of hydrogen-bond donors (Lipinski definition) is 2. The van der Waals surface area contributed by atoms with Gasteiger partial charge in [0.15, 0.2) is 0 Å². The summed E-state index contributed by atoms with van der Waals surface area (Å²) in [4.78, 5) is 11.9. The van der Waals surface area contributed by atoms with E-state index in [1.807, 2.05) is 31.2 Å². The lowest BCUT2D eigenvalue weighted by Gasteiger charge is -2.06. The molecule has 2 aromatic rings. The van der Waals surface area contributed by atoms with Gasteiger partial charge in [0.25, 0.3) is 5.91 Å². The van der Waals surface area contributed by atoms with Gasteiger partial charge >= 0.3 is 0 Å². The number of nitrogens with one attached hydrogen (secondary N) is 1. The molecule has 0 fully saturated rings. The molecule has 0 spiro atoms. The van der Waals surface area contributed by atoms with Crippen molar-refractivity contribution in [3.05, 3.63) is 65.2 Å². The van der Waals surface area contributed by atoms with E-state index in [9.17, 15) is 9.90 Å². The number of phenolic OH excluding ortho intramolecular Hbond substituents is 1. The summed E-state index contributed by atoms with van der Waals surface area (Å²) in [6.07, 6.45) is 0.700. The third kappa shape index (κ3) is 3.85. The van der Waals surface area contributed by atoms with Gasteiger partial charge < -0.3 is 10.4 Å². The number of hydrogen-bond acceptors (Lipinski definition) is 2. The van der Waals surface area contributed by atoms with Gasteiger partial charge in [-0.2, -0.15) is 0 Å². The fourth-order valence-corrected chi connectivity index (χ4v) is 1.92. The van der Waals surface area contributed by atoms with Crippen LogP contribution in [0.25, 0.3) is 0 Å². The molecule has 2 N–H and O–H groups in total. The van der Waals surface area contributed by atoms with Crippen molar-refractivity contribution in [3.8, 4) is 5.75 Å². The minimum absolute atomic E-state index is 0.0659. The van der Waals surface area contributed by atoms with E-state index in [4.69, 9.17) is 0 Å². The average Bonchev–Trinajstić information content (AvgIpc) is 2.38. The van der Waals surface area contributed by atoms with Crippen LogP contribution in [0.2, 0.25) is 0 Å². The summed E-state index contributed by atoms with van der Waals surface area (Å²) in [6.45, 7) is 2.51. The van der Waals surface area contributed by atoms with Crippen molar-refractivity contribution in [2.24, 2.45) is 0 Å². The van der Waals surface area contributed by atoms with Gasteiger partial charge in [-0.3, -0.25) is 4.79 Å². The monoisotopic (exact) mass is 255 g/mol. The topological polar surface area (TPSA) is 49.3 Å². The number of aryl methyl sites for hydroxylation is 1. The predicted octanol–water partition coefficient (Wildman–Crippen LogP) is 2.67. The van der Waals surface area contributed by atoms with Crippen LogP contribution in [-0.4, -0.2) is 17.6 Å². The van der Waals surface area contributed by atoms with Gasteiger partial charge in [-0.1, -0.05) is 29.8 Å². The number of benzene rings is 2. The van der Waals surface area contributed by atoms with E-state index in [0.29, 0.717) is 18.5 Å². The summed E-state index contributed by atoms with van der Waals surface area (Å²) >= 11 is 0. The fraction of sp³-hybridized carbons (Fsp3) is 0.188. The molecule has 1 amide bonds. The van der Waals surface area contributed by atoms with Crippen LogP contribution in [0.3, 0.4) is 0 Å². The molecular formula is C16H17NO2. The van der Waals surface area contributed by atoms with Gasteiger partial charge in [0.05, 0.1) is 0 Å². The van der Waals surface area contributed by atoms with Gasteiger partial charge in [-0.15, -0.1) is 0 Å². The fourth-order valence-electron chi connectivity index (χ4n) is 1.92. The maximum absolute atomic E-state index is 11.9. The van der Waals surface area contributed by atoms with Crippen molar-refractivity contribution in [1.82, 2.24) is 5.32 Å². The first-order valence-electron chi connectivity index (χ1n) is 6.28. The second kappa shape index (κ2) is 6.05.